The minimum Gasteiger partial charge on any atom is -0.497 e. The van der Waals surface area contributed by atoms with Gasteiger partial charge in [0.1, 0.15) is 11.5 Å². The minimum atomic E-state index is -0.300. The highest BCUT2D eigenvalue weighted by Gasteiger charge is 2.09. The summed E-state index contributed by atoms with van der Waals surface area (Å²) >= 11 is 0. The van der Waals surface area contributed by atoms with Crippen LogP contribution in [0.4, 0.5) is 11.5 Å². The van der Waals surface area contributed by atoms with E-state index in [4.69, 9.17) is 9.47 Å². The molecule has 1 aromatic heterocycles. The lowest BCUT2D eigenvalue weighted by Gasteiger charge is -2.11. The number of aromatic nitrogens is 2. The summed E-state index contributed by atoms with van der Waals surface area (Å²) in [6.07, 6.45) is 1.59. The van der Waals surface area contributed by atoms with E-state index in [1.54, 1.807) is 44.6 Å². The van der Waals surface area contributed by atoms with Gasteiger partial charge in [0.05, 0.1) is 19.9 Å². The van der Waals surface area contributed by atoms with Gasteiger partial charge < -0.3 is 20.1 Å². The standard InChI is InChI=1S/C16H18N4O3/c1-4-9-17-16(21)13-7-8-15(20-19-13)18-12-6-5-11(22-2)10-14(12)23-3/h4-8,10H,1,9H2,2-3H3,(H,17,21)(H,18,20). The van der Waals surface area contributed by atoms with Gasteiger partial charge in [0.2, 0.25) is 0 Å². The summed E-state index contributed by atoms with van der Waals surface area (Å²) in [5.41, 5.74) is 0.950. The number of nitrogens with one attached hydrogen (secondary N) is 2. The Morgan fingerprint density at radius 1 is 1.22 bits per heavy atom. The maximum absolute atomic E-state index is 11.7. The average Bonchev–Trinajstić information content (AvgIpc) is 2.60. The maximum Gasteiger partial charge on any atom is 0.272 e. The van der Waals surface area contributed by atoms with Crippen molar-refractivity contribution in [3.8, 4) is 11.5 Å². The Hall–Kier alpha value is -3.09. The summed E-state index contributed by atoms with van der Waals surface area (Å²) in [6, 6.07) is 8.62. The third-order valence-electron chi connectivity index (χ3n) is 2.98. The van der Waals surface area contributed by atoms with Gasteiger partial charge in [-0.2, -0.15) is 0 Å². The van der Waals surface area contributed by atoms with Crippen molar-refractivity contribution < 1.29 is 14.3 Å². The second-order valence-corrected chi connectivity index (χ2v) is 4.49. The molecule has 1 amide bonds. The topological polar surface area (TPSA) is 85.4 Å². The van der Waals surface area contributed by atoms with Gasteiger partial charge in [0, 0.05) is 12.6 Å². The third-order valence-corrected chi connectivity index (χ3v) is 2.98. The van der Waals surface area contributed by atoms with Crippen LogP contribution in [0.3, 0.4) is 0 Å². The van der Waals surface area contributed by atoms with Crippen LogP contribution in [0.1, 0.15) is 10.5 Å². The summed E-state index contributed by atoms with van der Waals surface area (Å²) in [4.78, 5) is 11.7. The Bertz CT molecular complexity index is 686. The first-order chi connectivity index (χ1) is 11.2. The lowest BCUT2D eigenvalue weighted by Crippen LogP contribution is -2.24. The highest BCUT2D eigenvalue weighted by atomic mass is 16.5. The first-order valence-electron chi connectivity index (χ1n) is 6.89. The molecule has 0 aliphatic heterocycles. The molecule has 2 rings (SSSR count). The number of carbonyl (C=O) groups is 1. The number of ether oxygens (including phenoxy) is 2. The van der Waals surface area contributed by atoms with Gasteiger partial charge in [-0.1, -0.05) is 6.08 Å². The van der Waals surface area contributed by atoms with Gasteiger partial charge in [-0.05, 0) is 24.3 Å². The van der Waals surface area contributed by atoms with E-state index in [0.717, 1.165) is 0 Å². The first kappa shape index (κ1) is 16.3. The maximum atomic E-state index is 11.7. The Morgan fingerprint density at radius 3 is 2.65 bits per heavy atom. The average molecular weight is 314 g/mol. The molecule has 0 saturated heterocycles. The second kappa shape index (κ2) is 7.79. The Morgan fingerprint density at radius 2 is 2.04 bits per heavy atom. The van der Waals surface area contributed by atoms with Gasteiger partial charge in [0.25, 0.3) is 5.91 Å². The van der Waals surface area contributed by atoms with Crippen molar-refractivity contribution in [1.82, 2.24) is 15.5 Å². The summed E-state index contributed by atoms with van der Waals surface area (Å²) < 4.78 is 10.5. The number of anilines is 2. The van der Waals surface area contributed by atoms with E-state index in [2.05, 4.69) is 27.4 Å². The van der Waals surface area contributed by atoms with Crippen LogP contribution in [-0.2, 0) is 0 Å². The molecule has 0 spiro atoms. The number of nitrogens with zero attached hydrogens (tertiary/aromatic N) is 2. The summed E-state index contributed by atoms with van der Waals surface area (Å²) in [6.45, 7) is 3.91. The second-order valence-electron chi connectivity index (χ2n) is 4.49. The quantitative estimate of drug-likeness (QED) is 0.762. The van der Waals surface area contributed by atoms with Gasteiger partial charge in [-0.3, -0.25) is 4.79 Å². The summed E-state index contributed by atoms with van der Waals surface area (Å²) in [7, 11) is 3.15. The van der Waals surface area contributed by atoms with Crippen molar-refractivity contribution in [3.63, 3.8) is 0 Å². The van der Waals surface area contributed by atoms with E-state index in [1.807, 2.05) is 6.07 Å². The fourth-order valence-electron chi connectivity index (χ4n) is 1.82. The molecule has 7 heteroatoms. The van der Waals surface area contributed by atoms with Crippen LogP contribution in [0.25, 0.3) is 0 Å². The molecule has 1 heterocycles. The van der Waals surface area contributed by atoms with Crippen molar-refractivity contribution in [2.75, 3.05) is 26.1 Å². The highest BCUT2D eigenvalue weighted by molar-refractivity contribution is 5.92. The molecule has 1 aromatic carbocycles. The molecule has 0 saturated carbocycles. The molecule has 2 aromatic rings. The molecule has 0 radical (unpaired) electrons. The number of rotatable bonds is 7. The number of amides is 1. The summed E-state index contributed by atoms with van der Waals surface area (Å²) in [5, 5.41) is 13.6. The van der Waals surface area contributed by atoms with Gasteiger partial charge in [-0.15, -0.1) is 16.8 Å². The molecule has 0 aliphatic rings. The fourth-order valence-corrected chi connectivity index (χ4v) is 1.82. The molecule has 0 unspecified atom stereocenters. The van der Waals surface area contributed by atoms with Crippen molar-refractivity contribution in [3.05, 3.63) is 48.7 Å². The molecule has 0 aliphatic carbocycles. The minimum absolute atomic E-state index is 0.235. The molecule has 120 valence electrons. The first-order valence-corrected chi connectivity index (χ1v) is 6.89. The van der Waals surface area contributed by atoms with E-state index in [1.165, 1.54) is 0 Å². The molecular formula is C16H18N4O3. The van der Waals surface area contributed by atoms with Crippen LogP contribution in [-0.4, -0.2) is 36.9 Å². The van der Waals surface area contributed by atoms with E-state index in [9.17, 15) is 4.79 Å². The van der Waals surface area contributed by atoms with Crippen molar-refractivity contribution in [2.45, 2.75) is 0 Å². The van der Waals surface area contributed by atoms with Gasteiger partial charge >= 0.3 is 0 Å². The van der Waals surface area contributed by atoms with Crippen molar-refractivity contribution >= 4 is 17.4 Å². The highest BCUT2D eigenvalue weighted by Crippen LogP contribution is 2.30. The van der Waals surface area contributed by atoms with Crippen LogP contribution in [0.2, 0.25) is 0 Å². The number of carbonyl (C=O) groups excluding carboxylic acids is 1. The zero-order chi connectivity index (χ0) is 16.7. The van der Waals surface area contributed by atoms with Crippen LogP contribution in [0.15, 0.2) is 43.0 Å². The predicted molar refractivity (Wildman–Crippen MR) is 87.4 cm³/mol. The smallest absolute Gasteiger partial charge is 0.272 e. The Balaban J connectivity index is 2.12. The number of methoxy groups -OCH3 is 2. The lowest BCUT2D eigenvalue weighted by atomic mass is 10.2. The van der Waals surface area contributed by atoms with Crippen LogP contribution in [0.5, 0.6) is 11.5 Å². The van der Waals surface area contributed by atoms with E-state index < -0.39 is 0 Å². The van der Waals surface area contributed by atoms with Crippen molar-refractivity contribution in [1.29, 1.82) is 0 Å². The van der Waals surface area contributed by atoms with Crippen LogP contribution >= 0.6 is 0 Å². The number of hydrogen-bond acceptors (Lipinski definition) is 6. The molecular weight excluding hydrogens is 296 g/mol. The van der Waals surface area contributed by atoms with Crippen LogP contribution in [0, 0.1) is 0 Å². The van der Waals surface area contributed by atoms with Gasteiger partial charge in [0.15, 0.2) is 11.5 Å². The molecule has 0 atom stereocenters. The number of hydrogen-bond donors (Lipinski definition) is 2. The normalized spacial score (nSPS) is 9.83. The molecule has 0 bridgehead atoms. The monoisotopic (exact) mass is 314 g/mol. The molecule has 7 nitrogen and oxygen atoms in total. The Kier molecular flexibility index (Phi) is 5.51. The fraction of sp³-hybridized carbons (Fsp3) is 0.188. The lowest BCUT2D eigenvalue weighted by molar-refractivity contribution is 0.0952. The zero-order valence-corrected chi connectivity index (χ0v) is 13.0. The predicted octanol–water partition coefficient (Wildman–Crippen LogP) is 2.15. The summed E-state index contributed by atoms with van der Waals surface area (Å²) in [5.74, 6) is 1.49. The van der Waals surface area contributed by atoms with E-state index in [0.29, 0.717) is 29.5 Å². The Labute approximate surface area is 134 Å². The van der Waals surface area contributed by atoms with E-state index >= 15 is 0 Å². The zero-order valence-electron chi connectivity index (χ0n) is 13.0. The largest absolute Gasteiger partial charge is 0.497 e. The molecule has 0 fully saturated rings. The van der Waals surface area contributed by atoms with E-state index in [-0.39, 0.29) is 11.6 Å². The molecule has 2 N–H and O–H groups in total. The SMILES string of the molecule is C=CCNC(=O)c1ccc(Nc2ccc(OC)cc2OC)nn1. The third kappa shape index (κ3) is 4.19. The molecule has 23 heavy (non-hydrogen) atoms. The number of benzene rings is 1. The van der Waals surface area contributed by atoms with Crippen molar-refractivity contribution in [2.24, 2.45) is 0 Å². The van der Waals surface area contributed by atoms with Gasteiger partial charge in [-0.25, -0.2) is 0 Å². The van der Waals surface area contributed by atoms with Crippen LogP contribution < -0.4 is 20.1 Å².